The molecule has 4 heteroatoms. The van der Waals surface area contributed by atoms with Crippen molar-refractivity contribution in [2.24, 2.45) is 0 Å². The second-order valence-corrected chi connectivity index (χ2v) is 8.05. The molecule has 0 spiro atoms. The average Bonchev–Trinajstić information content (AvgIpc) is 2.76. The van der Waals surface area contributed by atoms with Crippen molar-refractivity contribution in [3.05, 3.63) is 83.9 Å². The van der Waals surface area contributed by atoms with Gasteiger partial charge in [0.25, 0.3) is 5.91 Å². The van der Waals surface area contributed by atoms with Crippen molar-refractivity contribution >= 4 is 11.6 Å². The van der Waals surface area contributed by atoms with Gasteiger partial charge in [0.05, 0.1) is 0 Å². The second kappa shape index (κ2) is 9.14. The molecule has 1 amide bonds. The lowest BCUT2D eigenvalue weighted by atomic mass is 10.0. The summed E-state index contributed by atoms with van der Waals surface area (Å²) >= 11 is 0. The number of amides is 1. The number of nitrogens with zero attached hydrogens (tertiary/aromatic N) is 1. The molecule has 0 atom stereocenters. The van der Waals surface area contributed by atoms with Crippen LogP contribution in [-0.2, 0) is 0 Å². The predicted molar refractivity (Wildman–Crippen MR) is 122 cm³/mol. The third-order valence-corrected chi connectivity index (χ3v) is 5.57. The predicted octanol–water partition coefficient (Wildman–Crippen LogP) is 5.39. The molecule has 154 valence electrons. The van der Waals surface area contributed by atoms with Crippen LogP contribution in [0.1, 0.15) is 28.8 Å². The van der Waals surface area contributed by atoms with E-state index in [1.165, 1.54) is 0 Å². The van der Waals surface area contributed by atoms with Crippen LogP contribution in [0.2, 0.25) is 0 Å². The van der Waals surface area contributed by atoms with Gasteiger partial charge in [0.2, 0.25) is 0 Å². The fourth-order valence-corrected chi connectivity index (χ4v) is 3.73. The monoisotopic (exact) mass is 400 g/mol. The van der Waals surface area contributed by atoms with Gasteiger partial charge in [0, 0.05) is 24.3 Å². The normalized spacial score (nSPS) is 15.0. The number of aryl methyl sites for hydroxylation is 1. The van der Waals surface area contributed by atoms with Crippen molar-refractivity contribution in [2.45, 2.75) is 25.9 Å². The summed E-state index contributed by atoms with van der Waals surface area (Å²) in [6.07, 6.45) is 2.39. The topological polar surface area (TPSA) is 41.6 Å². The molecule has 0 saturated carbocycles. The van der Waals surface area contributed by atoms with Crippen LogP contribution in [0.25, 0.3) is 11.1 Å². The quantitative estimate of drug-likeness (QED) is 0.624. The van der Waals surface area contributed by atoms with Crippen LogP contribution < -0.4 is 10.1 Å². The standard InChI is InChI=1S/C26H28N2O2/c1-19-9-11-20(12-10-19)26(29)27-23-7-3-5-21(17-23)22-6-4-8-25(18-22)30-24-13-15-28(2)16-14-24/h3-12,17-18,24H,13-16H2,1-2H3,(H,27,29). The highest BCUT2D eigenvalue weighted by Gasteiger charge is 2.18. The summed E-state index contributed by atoms with van der Waals surface area (Å²) in [5.41, 5.74) is 4.69. The number of anilines is 1. The number of hydrogen-bond donors (Lipinski definition) is 1. The maximum absolute atomic E-state index is 12.5. The average molecular weight is 401 g/mol. The Bertz CT molecular complexity index is 1010. The minimum absolute atomic E-state index is 0.105. The van der Waals surface area contributed by atoms with Crippen molar-refractivity contribution in [3.8, 4) is 16.9 Å². The Morgan fingerprint density at radius 1 is 0.933 bits per heavy atom. The first kappa shape index (κ1) is 20.2. The van der Waals surface area contributed by atoms with Crippen molar-refractivity contribution in [2.75, 3.05) is 25.5 Å². The summed E-state index contributed by atoms with van der Waals surface area (Å²) in [4.78, 5) is 14.9. The first-order valence-electron chi connectivity index (χ1n) is 10.5. The van der Waals surface area contributed by atoms with E-state index in [2.05, 4.69) is 35.5 Å². The molecule has 3 aromatic rings. The van der Waals surface area contributed by atoms with Crippen LogP contribution in [0.15, 0.2) is 72.8 Å². The van der Waals surface area contributed by atoms with E-state index in [1.807, 2.05) is 61.5 Å². The van der Waals surface area contributed by atoms with Crippen LogP contribution in [-0.4, -0.2) is 37.0 Å². The molecular weight excluding hydrogens is 372 g/mol. The minimum atomic E-state index is -0.105. The molecule has 1 aliphatic heterocycles. The van der Waals surface area contributed by atoms with Crippen LogP contribution in [0.4, 0.5) is 5.69 Å². The van der Waals surface area contributed by atoms with Crippen LogP contribution in [0.3, 0.4) is 0 Å². The van der Waals surface area contributed by atoms with Gasteiger partial charge in [-0.1, -0.05) is 42.0 Å². The summed E-state index contributed by atoms with van der Waals surface area (Å²) in [6, 6.07) is 23.7. The van der Waals surface area contributed by atoms with E-state index < -0.39 is 0 Å². The van der Waals surface area contributed by atoms with Gasteiger partial charge in [-0.3, -0.25) is 4.79 Å². The lowest BCUT2D eigenvalue weighted by Crippen LogP contribution is -2.35. The van der Waals surface area contributed by atoms with Crippen LogP contribution in [0, 0.1) is 6.92 Å². The Morgan fingerprint density at radius 2 is 1.60 bits per heavy atom. The molecule has 4 nitrogen and oxygen atoms in total. The van der Waals surface area contributed by atoms with Crippen molar-refractivity contribution < 1.29 is 9.53 Å². The van der Waals surface area contributed by atoms with Crippen LogP contribution >= 0.6 is 0 Å². The van der Waals surface area contributed by atoms with Crippen molar-refractivity contribution in [1.82, 2.24) is 4.90 Å². The third kappa shape index (κ3) is 5.08. The molecule has 1 heterocycles. The maximum Gasteiger partial charge on any atom is 0.255 e. The molecule has 0 unspecified atom stereocenters. The maximum atomic E-state index is 12.5. The van der Waals surface area contributed by atoms with E-state index in [0.29, 0.717) is 5.56 Å². The van der Waals surface area contributed by atoms with E-state index in [0.717, 1.165) is 54.1 Å². The summed E-state index contributed by atoms with van der Waals surface area (Å²) in [5, 5.41) is 3.00. The van der Waals surface area contributed by atoms with Crippen molar-refractivity contribution in [1.29, 1.82) is 0 Å². The van der Waals surface area contributed by atoms with E-state index >= 15 is 0 Å². The van der Waals surface area contributed by atoms with E-state index in [1.54, 1.807) is 0 Å². The molecule has 1 fully saturated rings. The Balaban J connectivity index is 1.47. The lowest BCUT2D eigenvalue weighted by molar-refractivity contribution is 0.102. The highest BCUT2D eigenvalue weighted by molar-refractivity contribution is 6.04. The number of carbonyl (C=O) groups is 1. The number of rotatable bonds is 5. The van der Waals surface area contributed by atoms with Gasteiger partial charge >= 0.3 is 0 Å². The number of likely N-dealkylation sites (tertiary alicyclic amines) is 1. The molecular formula is C26H28N2O2. The van der Waals surface area contributed by atoms with Gasteiger partial charge in [-0.25, -0.2) is 0 Å². The number of nitrogens with one attached hydrogen (secondary N) is 1. The molecule has 30 heavy (non-hydrogen) atoms. The highest BCUT2D eigenvalue weighted by Crippen LogP contribution is 2.28. The number of hydrogen-bond acceptors (Lipinski definition) is 3. The number of carbonyl (C=O) groups excluding carboxylic acids is 1. The van der Waals surface area contributed by atoms with Crippen molar-refractivity contribution in [3.63, 3.8) is 0 Å². The Morgan fingerprint density at radius 3 is 2.33 bits per heavy atom. The van der Waals surface area contributed by atoms with Gasteiger partial charge in [-0.05, 0) is 74.3 Å². The van der Waals surface area contributed by atoms with E-state index in [4.69, 9.17) is 4.74 Å². The first-order chi connectivity index (χ1) is 14.6. The van der Waals surface area contributed by atoms with Gasteiger partial charge in [0.1, 0.15) is 11.9 Å². The minimum Gasteiger partial charge on any atom is -0.490 e. The Kier molecular flexibility index (Phi) is 6.15. The lowest BCUT2D eigenvalue weighted by Gasteiger charge is -2.29. The molecule has 1 saturated heterocycles. The number of ether oxygens (including phenoxy) is 1. The summed E-state index contributed by atoms with van der Waals surface area (Å²) in [5.74, 6) is 0.794. The Hall–Kier alpha value is -3.11. The van der Waals surface area contributed by atoms with Gasteiger partial charge in [-0.15, -0.1) is 0 Å². The highest BCUT2D eigenvalue weighted by atomic mass is 16.5. The molecule has 1 N–H and O–H groups in total. The summed E-state index contributed by atoms with van der Waals surface area (Å²) < 4.78 is 6.23. The third-order valence-electron chi connectivity index (χ3n) is 5.57. The smallest absolute Gasteiger partial charge is 0.255 e. The molecule has 1 aliphatic rings. The van der Waals surface area contributed by atoms with Gasteiger partial charge in [-0.2, -0.15) is 0 Å². The first-order valence-corrected chi connectivity index (χ1v) is 10.5. The zero-order valence-corrected chi connectivity index (χ0v) is 17.6. The molecule has 3 aromatic carbocycles. The zero-order chi connectivity index (χ0) is 20.9. The summed E-state index contributed by atoms with van der Waals surface area (Å²) in [6.45, 7) is 4.16. The fourth-order valence-electron chi connectivity index (χ4n) is 3.73. The summed E-state index contributed by atoms with van der Waals surface area (Å²) in [7, 11) is 2.15. The SMILES string of the molecule is Cc1ccc(C(=O)Nc2cccc(-c3cccc(OC4CCN(C)CC4)c3)c2)cc1. The largest absolute Gasteiger partial charge is 0.490 e. The molecule has 0 aliphatic carbocycles. The van der Waals surface area contributed by atoms with E-state index in [-0.39, 0.29) is 12.0 Å². The number of piperidine rings is 1. The molecule has 4 rings (SSSR count). The molecule has 0 aromatic heterocycles. The second-order valence-electron chi connectivity index (χ2n) is 8.05. The van der Waals surface area contributed by atoms with E-state index in [9.17, 15) is 4.79 Å². The Labute approximate surface area is 178 Å². The fraction of sp³-hybridized carbons (Fsp3) is 0.269. The van der Waals surface area contributed by atoms with Gasteiger partial charge in [0.15, 0.2) is 0 Å². The molecule has 0 bridgehead atoms. The van der Waals surface area contributed by atoms with Gasteiger partial charge < -0.3 is 15.0 Å². The number of benzene rings is 3. The molecule has 0 radical (unpaired) electrons. The zero-order valence-electron chi connectivity index (χ0n) is 17.6. The van der Waals surface area contributed by atoms with Crippen LogP contribution in [0.5, 0.6) is 5.75 Å².